The maximum atomic E-state index is 12.1. The summed E-state index contributed by atoms with van der Waals surface area (Å²) >= 11 is 3.23. The number of carbonyl (C=O) groups is 2. The predicted molar refractivity (Wildman–Crippen MR) is 96.5 cm³/mol. The van der Waals surface area contributed by atoms with Gasteiger partial charge >= 0.3 is 11.9 Å². The van der Waals surface area contributed by atoms with Crippen LogP contribution in [-0.4, -0.2) is 47.2 Å². The summed E-state index contributed by atoms with van der Waals surface area (Å²) in [5.74, 6) is -0.379. The fourth-order valence-corrected chi connectivity index (χ4v) is 2.85. The molecule has 0 saturated heterocycles. The van der Waals surface area contributed by atoms with Crippen molar-refractivity contribution in [2.45, 2.75) is 58.1 Å². The van der Waals surface area contributed by atoms with E-state index in [4.69, 9.17) is 9.47 Å². The molecule has 0 aliphatic heterocycles. The molecule has 1 aromatic heterocycles. The van der Waals surface area contributed by atoms with Crippen molar-refractivity contribution in [3.63, 3.8) is 0 Å². The smallest absolute Gasteiger partial charge is 0.360 e. The van der Waals surface area contributed by atoms with Gasteiger partial charge in [-0.25, -0.2) is 14.8 Å². The molecule has 1 heterocycles. The van der Waals surface area contributed by atoms with Gasteiger partial charge in [-0.05, 0) is 56.0 Å². The summed E-state index contributed by atoms with van der Waals surface area (Å²) in [7, 11) is 1.31. The van der Waals surface area contributed by atoms with Crippen molar-refractivity contribution in [3.05, 3.63) is 16.5 Å². The second-order valence-electron chi connectivity index (χ2n) is 6.97. The summed E-state index contributed by atoms with van der Waals surface area (Å²) in [6.45, 7) is 5.93. The summed E-state index contributed by atoms with van der Waals surface area (Å²) in [6.07, 6.45) is 4.86. The van der Waals surface area contributed by atoms with E-state index in [2.05, 4.69) is 25.9 Å². The predicted octanol–water partition coefficient (Wildman–Crippen LogP) is 3.12. The average molecular weight is 414 g/mol. The molecule has 0 spiro atoms. The summed E-state index contributed by atoms with van der Waals surface area (Å²) in [5.41, 5.74) is -0.375. The molecule has 0 radical (unpaired) electrons. The highest BCUT2D eigenvalue weighted by Gasteiger charge is 2.31. The number of esters is 2. The summed E-state index contributed by atoms with van der Waals surface area (Å²) in [6, 6.07) is 0.237. The molecule has 2 rings (SSSR count). The molecule has 1 aliphatic rings. The largest absolute Gasteiger partial charge is 0.464 e. The van der Waals surface area contributed by atoms with Gasteiger partial charge in [0.05, 0.1) is 19.7 Å². The molecule has 0 unspecified atom stereocenters. The van der Waals surface area contributed by atoms with Crippen molar-refractivity contribution < 1.29 is 19.1 Å². The van der Waals surface area contributed by atoms with Gasteiger partial charge in [-0.2, -0.15) is 0 Å². The second-order valence-corrected chi connectivity index (χ2v) is 7.78. The van der Waals surface area contributed by atoms with E-state index >= 15 is 0 Å². The number of hydrogen-bond acceptors (Lipinski definition) is 7. The van der Waals surface area contributed by atoms with E-state index in [0.29, 0.717) is 17.0 Å². The van der Waals surface area contributed by atoms with Crippen LogP contribution in [0.1, 0.15) is 56.9 Å². The summed E-state index contributed by atoms with van der Waals surface area (Å²) in [4.78, 5) is 34.7. The van der Waals surface area contributed by atoms with Gasteiger partial charge in [-0.3, -0.25) is 4.79 Å². The van der Waals surface area contributed by atoms with Gasteiger partial charge < -0.3 is 14.4 Å². The van der Waals surface area contributed by atoms with Gasteiger partial charge in [0.25, 0.3) is 0 Å². The molecule has 1 saturated carbocycles. The lowest BCUT2D eigenvalue weighted by atomic mass is 9.91. The van der Waals surface area contributed by atoms with E-state index in [9.17, 15) is 9.59 Å². The van der Waals surface area contributed by atoms with Gasteiger partial charge in [0.15, 0.2) is 11.5 Å². The third-order valence-corrected chi connectivity index (χ3v) is 4.25. The molecular formula is C17H24BrN3O4. The zero-order chi connectivity index (χ0) is 18.6. The van der Waals surface area contributed by atoms with Crippen LogP contribution in [0, 0.1) is 0 Å². The average Bonchev–Trinajstić information content (AvgIpc) is 2.47. The van der Waals surface area contributed by atoms with Crippen LogP contribution in [0.3, 0.4) is 0 Å². The van der Waals surface area contributed by atoms with Crippen LogP contribution in [-0.2, 0) is 14.3 Å². The van der Waals surface area contributed by atoms with Crippen LogP contribution >= 0.6 is 15.9 Å². The lowest BCUT2D eigenvalue weighted by Crippen LogP contribution is -2.43. The van der Waals surface area contributed by atoms with E-state index < -0.39 is 11.6 Å². The van der Waals surface area contributed by atoms with E-state index in [1.165, 1.54) is 7.11 Å². The Morgan fingerprint density at radius 2 is 2.04 bits per heavy atom. The number of halogens is 1. The van der Waals surface area contributed by atoms with Crippen LogP contribution in [0.15, 0.2) is 10.8 Å². The fraction of sp³-hybridized carbons (Fsp3) is 0.647. The van der Waals surface area contributed by atoms with Gasteiger partial charge in [0.1, 0.15) is 10.2 Å². The molecule has 0 N–H and O–H groups in total. The molecule has 7 nitrogen and oxygen atoms in total. The Labute approximate surface area is 156 Å². The first-order valence-corrected chi connectivity index (χ1v) is 9.10. The molecule has 8 heteroatoms. The number of methoxy groups -OCH3 is 1. The van der Waals surface area contributed by atoms with Crippen molar-refractivity contribution in [2.75, 3.05) is 18.6 Å². The Bertz CT molecular complexity index is 641. The number of carbonyl (C=O) groups excluding carboxylic acids is 2. The van der Waals surface area contributed by atoms with Crippen molar-refractivity contribution in [1.82, 2.24) is 9.97 Å². The Hall–Kier alpha value is -1.70. The normalized spacial score (nSPS) is 14.6. The van der Waals surface area contributed by atoms with Crippen LogP contribution in [0.25, 0.3) is 0 Å². The quantitative estimate of drug-likeness (QED) is 0.662. The van der Waals surface area contributed by atoms with Gasteiger partial charge in [0.2, 0.25) is 0 Å². The summed E-state index contributed by atoms with van der Waals surface area (Å²) < 4.78 is 10.7. The number of aromatic nitrogens is 2. The minimum Gasteiger partial charge on any atom is -0.464 e. The topological polar surface area (TPSA) is 81.6 Å². The number of ether oxygens (including phenoxy) is 2. The van der Waals surface area contributed by atoms with Gasteiger partial charge in [0, 0.05) is 12.6 Å². The zero-order valence-corrected chi connectivity index (χ0v) is 16.6. The Morgan fingerprint density at radius 1 is 1.36 bits per heavy atom. The van der Waals surface area contributed by atoms with Crippen LogP contribution < -0.4 is 4.90 Å². The second kappa shape index (κ2) is 8.12. The monoisotopic (exact) mass is 413 g/mol. The molecule has 138 valence electrons. The highest BCUT2D eigenvalue weighted by Crippen LogP contribution is 2.31. The first-order valence-electron chi connectivity index (χ1n) is 8.30. The minimum atomic E-state index is -0.551. The number of hydrogen-bond donors (Lipinski definition) is 0. The Balaban J connectivity index is 2.21. The molecule has 1 aromatic rings. The highest BCUT2D eigenvalue weighted by atomic mass is 79.9. The molecule has 1 fully saturated rings. The van der Waals surface area contributed by atoms with E-state index in [1.807, 2.05) is 25.7 Å². The van der Waals surface area contributed by atoms with Crippen molar-refractivity contribution in [3.8, 4) is 0 Å². The lowest BCUT2D eigenvalue weighted by Gasteiger charge is -2.38. The number of nitrogens with zero attached hydrogens (tertiary/aromatic N) is 3. The van der Waals surface area contributed by atoms with Crippen LogP contribution in [0.4, 0.5) is 5.82 Å². The molecule has 25 heavy (non-hydrogen) atoms. The maximum absolute atomic E-state index is 12.1. The first kappa shape index (κ1) is 19.6. The minimum absolute atomic E-state index is 0.146. The standard InChI is InChI=1S/C17H24BrN3O4/c1-17(2,3)25-13(22)8-9-21(11-6-5-7-11)15-14(16(23)24-4)20-12(18)10-19-15/h10-11H,5-9H2,1-4H3. The van der Waals surface area contributed by atoms with E-state index in [-0.39, 0.29) is 24.1 Å². The Morgan fingerprint density at radius 3 is 2.56 bits per heavy atom. The van der Waals surface area contributed by atoms with Crippen LogP contribution in [0.5, 0.6) is 0 Å². The molecule has 0 atom stereocenters. The van der Waals surface area contributed by atoms with Crippen molar-refractivity contribution in [2.24, 2.45) is 0 Å². The maximum Gasteiger partial charge on any atom is 0.360 e. The third-order valence-electron chi connectivity index (χ3n) is 3.87. The van der Waals surface area contributed by atoms with E-state index in [1.54, 1.807) is 6.20 Å². The number of rotatable bonds is 6. The molecule has 0 aromatic carbocycles. The molecule has 0 bridgehead atoms. The highest BCUT2D eigenvalue weighted by molar-refractivity contribution is 9.10. The van der Waals surface area contributed by atoms with Crippen LogP contribution in [0.2, 0.25) is 0 Å². The fourth-order valence-electron chi connectivity index (χ4n) is 2.57. The van der Waals surface area contributed by atoms with Gasteiger partial charge in [-0.15, -0.1) is 0 Å². The molecular weight excluding hydrogens is 390 g/mol. The zero-order valence-electron chi connectivity index (χ0n) is 15.0. The van der Waals surface area contributed by atoms with Crippen molar-refractivity contribution >= 4 is 33.7 Å². The first-order chi connectivity index (χ1) is 11.7. The molecule has 1 aliphatic carbocycles. The van der Waals surface area contributed by atoms with E-state index in [0.717, 1.165) is 19.3 Å². The SMILES string of the molecule is COC(=O)c1nc(Br)cnc1N(CCC(=O)OC(C)(C)C)C1CCC1. The lowest BCUT2D eigenvalue weighted by molar-refractivity contribution is -0.154. The summed E-state index contributed by atoms with van der Waals surface area (Å²) in [5, 5.41) is 0. The molecule has 0 amide bonds. The third kappa shape index (κ3) is 5.39. The van der Waals surface area contributed by atoms with Crippen molar-refractivity contribution in [1.29, 1.82) is 0 Å². The number of anilines is 1. The Kier molecular flexibility index (Phi) is 6.37. The van der Waals surface area contributed by atoms with Gasteiger partial charge in [-0.1, -0.05) is 0 Å².